The van der Waals surface area contributed by atoms with E-state index in [4.69, 9.17) is 10.8 Å². The summed E-state index contributed by atoms with van der Waals surface area (Å²) in [7, 11) is 0. The Kier molecular flexibility index (Phi) is 6.77. The Bertz CT molecular complexity index is 448. The first-order valence-electron chi connectivity index (χ1n) is 7.16. The highest BCUT2D eigenvalue weighted by Crippen LogP contribution is 2.05. The van der Waals surface area contributed by atoms with E-state index >= 15 is 0 Å². The molecule has 9 nitrogen and oxygen atoms in total. The Labute approximate surface area is 128 Å². The Morgan fingerprint density at radius 1 is 1.32 bits per heavy atom. The Hall–Kier alpha value is -2.16. The van der Waals surface area contributed by atoms with Crippen molar-refractivity contribution >= 4 is 23.7 Å². The van der Waals surface area contributed by atoms with Crippen LogP contribution in [0.25, 0.3) is 0 Å². The van der Waals surface area contributed by atoms with Gasteiger partial charge in [-0.1, -0.05) is 0 Å². The lowest BCUT2D eigenvalue weighted by molar-refractivity contribution is -0.142. The van der Waals surface area contributed by atoms with Crippen LogP contribution in [0.1, 0.15) is 32.6 Å². The molecule has 0 aliphatic carbocycles. The van der Waals surface area contributed by atoms with Gasteiger partial charge < -0.3 is 26.8 Å². The van der Waals surface area contributed by atoms with Gasteiger partial charge in [0.25, 0.3) is 0 Å². The minimum absolute atomic E-state index is 0.0960. The summed E-state index contributed by atoms with van der Waals surface area (Å²) < 4.78 is 0. The highest BCUT2D eigenvalue weighted by atomic mass is 16.4. The lowest BCUT2D eigenvalue weighted by Crippen LogP contribution is -2.53. The van der Waals surface area contributed by atoms with Gasteiger partial charge in [0.2, 0.25) is 17.7 Å². The summed E-state index contributed by atoms with van der Waals surface area (Å²) in [5.41, 5.74) is 4.96. The summed E-state index contributed by atoms with van der Waals surface area (Å²) in [5, 5.41) is 16.8. The summed E-state index contributed by atoms with van der Waals surface area (Å²) in [5.74, 6) is -2.81. The van der Waals surface area contributed by atoms with Crippen LogP contribution in [0.15, 0.2) is 0 Å². The molecule has 0 aromatic carbocycles. The van der Waals surface area contributed by atoms with E-state index in [9.17, 15) is 19.2 Å². The first-order valence-corrected chi connectivity index (χ1v) is 7.16. The van der Waals surface area contributed by atoms with Gasteiger partial charge in [0.15, 0.2) is 0 Å². The van der Waals surface area contributed by atoms with E-state index in [0.29, 0.717) is 6.42 Å². The van der Waals surface area contributed by atoms with Crippen molar-refractivity contribution in [2.45, 2.75) is 50.7 Å². The summed E-state index contributed by atoms with van der Waals surface area (Å²) >= 11 is 0. The fourth-order valence-corrected chi connectivity index (χ4v) is 2.13. The van der Waals surface area contributed by atoms with Crippen LogP contribution in [0.5, 0.6) is 0 Å². The van der Waals surface area contributed by atoms with Crippen LogP contribution in [-0.2, 0) is 19.2 Å². The molecule has 6 N–H and O–H groups in total. The van der Waals surface area contributed by atoms with Crippen molar-refractivity contribution in [2.75, 3.05) is 6.54 Å². The zero-order chi connectivity index (χ0) is 16.7. The average Bonchev–Trinajstić information content (AvgIpc) is 2.96. The second-order valence-corrected chi connectivity index (χ2v) is 5.28. The minimum Gasteiger partial charge on any atom is -0.480 e. The molecule has 9 heteroatoms. The maximum absolute atomic E-state index is 11.9. The van der Waals surface area contributed by atoms with Crippen LogP contribution in [0.4, 0.5) is 0 Å². The predicted molar refractivity (Wildman–Crippen MR) is 76.6 cm³/mol. The average molecular weight is 314 g/mol. The molecule has 1 aliphatic heterocycles. The topological polar surface area (TPSA) is 151 Å². The zero-order valence-electron chi connectivity index (χ0n) is 12.4. The summed E-state index contributed by atoms with van der Waals surface area (Å²) in [6.07, 6.45) is 1.36. The van der Waals surface area contributed by atoms with Gasteiger partial charge in [-0.15, -0.1) is 0 Å². The highest BCUT2D eigenvalue weighted by molar-refractivity contribution is 5.91. The van der Waals surface area contributed by atoms with E-state index < -0.39 is 29.9 Å². The van der Waals surface area contributed by atoms with Crippen molar-refractivity contribution in [2.24, 2.45) is 5.73 Å². The zero-order valence-corrected chi connectivity index (χ0v) is 12.4. The molecule has 1 fully saturated rings. The van der Waals surface area contributed by atoms with Crippen LogP contribution >= 0.6 is 0 Å². The quantitative estimate of drug-likeness (QED) is 0.352. The van der Waals surface area contributed by atoms with Gasteiger partial charge in [-0.2, -0.15) is 0 Å². The van der Waals surface area contributed by atoms with Crippen molar-refractivity contribution in [1.82, 2.24) is 16.0 Å². The third kappa shape index (κ3) is 5.68. The van der Waals surface area contributed by atoms with Gasteiger partial charge in [-0.3, -0.25) is 14.4 Å². The van der Waals surface area contributed by atoms with Gasteiger partial charge >= 0.3 is 5.97 Å². The molecule has 1 heterocycles. The molecule has 1 saturated heterocycles. The standard InChI is InChI=1S/C13H22N4O5/c1-7(16-12(20)8-3-2-6-15-8)11(19)17-9(13(21)22)4-5-10(14)18/h7-9,15H,2-6H2,1H3,(H2,14,18)(H,16,20)(H,17,19)(H,21,22)/t7-,8-,9-/m0/s1. The van der Waals surface area contributed by atoms with Crippen LogP contribution in [0.3, 0.4) is 0 Å². The number of carboxylic acids is 1. The lowest BCUT2D eigenvalue weighted by atomic mass is 10.1. The van der Waals surface area contributed by atoms with Gasteiger partial charge in [0.1, 0.15) is 12.1 Å². The van der Waals surface area contributed by atoms with E-state index in [1.54, 1.807) is 0 Å². The third-order valence-corrected chi connectivity index (χ3v) is 3.42. The first-order chi connectivity index (χ1) is 10.3. The summed E-state index contributed by atoms with van der Waals surface area (Å²) in [6.45, 7) is 2.22. The van der Waals surface area contributed by atoms with Gasteiger partial charge in [-0.05, 0) is 32.7 Å². The number of rotatable bonds is 8. The van der Waals surface area contributed by atoms with E-state index in [1.807, 2.05) is 0 Å². The van der Waals surface area contributed by atoms with Crippen molar-refractivity contribution in [3.63, 3.8) is 0 Å². The molecule has 0 aromatic rings. The molecule has 0 aromatic heterocycles. The smallest absolute Gasteiger partial charge is 0.326 e. The van der Waals surface area contributed by atoms with E-state index in [1.165, 1.54) is 6.92 Å². The summed E-state index contributed by atoms with van der Waals surface area (Å²) in [6, 6.07) is -2.41. The Morgan fingerprint density at radius 3 is 2.50 bits per heavy atom. The number of carboxylic acid groups (broad SMARTS) is 1. The highest BCUT2D eigenvalue weighted by Gasteiger charge is 2.27. The Balaban J connectivity index is 2.47. The van der Waals surface area contributed by atoms with Crippen molar-refractivity contribution in [3.8, 4) is 0 Å². The number of nitrogens with two attached hydrogens (primary N) is 1. The lowest BCUT2D eigenvalue weighted by Gasteiger charge is -2.20. The fourth-order valence-electron chi connectivity index (χ4n) is 2.13. The molecule has 1 aliphatic rings. The second kappa shape index (κ2) is 8.32. The fraction of sp³-hybridized carbons (Fsp3) is 0.692. The molecule has 0 unspecified atom stereocenters. The largest absolute Gasteiger partial charge is 0.480 e. The summed E-state index contributed by atoms with van der Waals surface area (Å²) in [4.78, 5) is 45.5. The number of hydrogen-bond acceptors (Lipinski definition) is 5. The molecule has 3 amide bonds. The normalized spacial score (nSPS) is 20.0. The predicted octanol–water partition coefficient (Wildman–Crippen LogP) is -1.92. The van der Waals surface area contributed by atoms with E-state index in [2.05, 4.69) is 16.0 Å². The molecular weight excluding hydrogens is 292 g/mol. The number of carbonyl (C=O) groups is 4. The molecule has 0 radical (unpaired) electrons. The maximum atomic E-state index is 11.9. The molecule has 124 valence electrons. The number of nitrogens with one attached hydrogen (secondary N) is 3. The maximum Gasteiger partial charge on any atom is 0.326 e. The number of aliphatic carboxylic acids is 1. The molecule has 22 heavy (non-hydrogen) atoms. The van der Waals surface area contributed by atoms with Crippen molar-refractivity contribution in [3.05, 3.63) is 0 Å². The van der Waals surface area contributed by atoms with E-state index in [0.717, 1.165) is 13.0 Å². The number of primary amides is 1. The van der Waals surface area contributed by atoms with Crippen LogP contribution in [0, 0.1) is 0 Å². The molecular formula is C13H22N4O5. The molecule has 0 spiro atoms. The molecule has 0 bridgehead atoms. The first kappa shape index (κ1) is 17.9. The van der Waals surface area contributed by atoms with Crippen LogP contribution in [-0.4, -0.2) is 53.5 Å². The SMILES string of the molecule is C[C@H](NC(=O)[C@@H]1CCCN1)C(=O)N[C@@H](CCC(N)=O)C(=O)O. The van der Waals surface area contributed by atoms with Gasteiger partial charge in [-0.25, -0.2) is 4.79 Å². The van der Waals surface area contributed by atoms with Crippen LogP contribution in [0.2, 0.25) is 0 Å². The number of hydrogen-bond donors (Lipinski definition) is 5. The van der Waals surface area contributed by atoms with Gasteiger partial charge in [0, 0.05) is 6.42 Å². The Morgan fingerprint density at radius 2 is 2.00 bits per heavy atom. The third-order valence-electron chi connectivity index (χ3n) is 3.42. The minimum atomic E-state index is -1.26. The number of carbonyl (C=O) groups excluding carboxylic acids is 3. The monoisotopic (exact) mass is 314 g/mol. The van der Waals surface area contributed by atoms with Crippen molar-refractivity contribution in [1.29, 1.82) is 0 Å². The molecule has 1 rings (SSSR count). The molecule has 0 saturated carbocycles. The second-order valence-electron chi connectivity index (χ2n) is 5.28. The van der Waals surface area contributed by atoms with Gasteiger partial charge in [0.05, 0.1) is 6.04 Å². The number of amides is 3. The molecule has 3 atom stereocenters. The van der Waals surface area contributed by atoms with Crippen LogP contribution < -0.4 is 21.7 Å². The van der Waals surface area contributed by atoms with E-state index in [-0.39, 0.29) is 24.8 Å². The van der Waals surface area contributed by atoms with Crippen molar-refractivity contribution < 1.29 is 24.3 Å².